The number of nitrogens with zero attached hydrogens (tertiary/aromatic N) is 2. The second-order valence-corrected chi connectivity index (χ2v) is 7.62. The van der Waals surface area contributed by atoms with Gasteiger partial charge in [-0.3, -0.25) is 14.6 Å². The Balaban J connectivity index is 1.86. The molecule has 2 heterocycles. The van der Waals surface area contributed by atoms with E-state index in [1.165, 1.54) is 17.3 Å². The molecule has 3 aromatic rings. The number of hydrogen-bond donors (Lipinski definition) is 1. The van der Waals surface area contributed by atoms with Crippen LogP contribution >= 0.6 is 15.9 Å². The zero-order valence-electron chi connectivity index (χ0n) is 15.3. The van der Waals surface area contributed by atoms with Gasteiger partial charge in [0.1, 0.15) is 5.76 Å². The molecule has 0 bridgehead atoms. The van der Waals surface area contributed by atoms with E-state index in [0.29, 0.717) is 5.56 Å². The average Bonchev–Trinajstić information content (AvgIpc) is 3.00. The lowest BCUT2D eigenvalue weighted by Gasteiger charge is -2.25. The van der Waals surface area contributed by atoms with Gasteiger partial charge >= 0.3 is 0 Å². The van der Waals surface area contributed by atoms with Crippen molar-refractivity contribution in [1.29, 1.82) is 0 Å². The topological polar surface area (TPSA) is 70.5 Å². The first kappa shape index (κ1) is 19.1. The molecule has 1 saturated heterocycles. The molecule has 6 heteroatoms. The third-order valence-electron chi connectivity index (χ3n) is 4.88. The summed E-state index contributed by atoms with van der Waals surface area (Å²) in [5.74, 6) is -1.52. The Morgan fingerprint density at radius 3 is 2.28 bits per heavy atom. The number of aromatic nitrogens is 1. The van der Waals surface area contributed by atoms with Crippen LogP contribution in [0.3, 0.4) is 0 Å². The molecule has 29 heavy (non-hydrogen) atoms. The van der Waals surface area contributed by atoms with Crippen LogP contribution in [-0.2, 0) is 16.1 Å². The SMILES string of the molecule is O=C1C(=O)N(Cc2ccccc2)C(c2ccc(Br)cc2)/C1=C(\O)c1ccncc1. The van der Waals surface area contributed by atoms with Gasteiger partial charge in [-0.05, 0) is 35.4 Å². The van der Waals surface area contributed by atoms with Gasteiger partial charge < -0.3 is 10.0 Å². The molecule has 1 aliphatic heterocycles. The summed E-state index contributed by atoms with van der Waals surface area (Å²) in [4.78, 5) is 31.3. The van der Waals surface area contributed by atoms with Crippen LogP contribution in [0.1, 0.15) is 22.7 Å². The molecule has 5 nitrogen and oxygen atoms in total. The smallest absolute Gasteiger partial charge is 0.295 e. The molecule has 0 spiro atoms. The number of carbonyl (C=O) groups excluding carboxylic acids is 2. The van der Waals surface area contributed by atoms with Gasteiger partial charge in [0.15, 0.2) is 0 Å². The average molecular weight is 449 g/mol. The summed E-state index contributed by atoms with van der Waals surface area (Å²) in [6.07, 6.45) is 3.06. The Morgan fingerprint density at radius 1 is 0.966 bits per heavy atom. The minimum absolute atomic E-state index is 0.0828. The van der Waals surface area contributed by atoms with E-state index in [2.05, 4.69) is 20.9 Å². The van der Waals surface area contributed by atoms with E-state index in [-0.39, 0.29) is 17.9 Å². The number of benzene rings is 2. The molecule has 0 saturated carbocycles. The fraction of sp³-hybridized carbons (Fsp3) is 0.0870. The molecule has 0 aliphatic carbocycles. The summed E-state index contributed by atoms with van der Waals surface area (Å²) in [6, 6.07) is 19.4. The summed E-state index contributed by atoms with van der Waals surface area (Å²) in [6.45, 7) is 0.263. The van der Waals surface area contributed by atoms with Crippen molar-refractivity contribution in [2.45, 2.75) is 12.6 Å². The molecule has 1 aromatic heterocycles. The number of Topliss-reactive ketones (excluding diaryl/α,β-unsaturated/α-hetero) is 1. The van der Waals surface area contributed by atoms with Crippen molar-refractivity contribution in [3.05, 3.63) is 106 Å². The molecule has 2 aromatic carbocycles. The fourth-order valence-electron chi connectivity index (χ4n) is 3.48. The molecular weight excluding hydrogens is 432 g/mol. The summed E-state index contributed by atoms with van der Waals surface area (Å²) in [5, 5.41) is 10.9. The lowest BCUT2D eigenvalue weighted by molar-refractivity contribution is -0.140. The maximum absolute atomic E-state index is 12.9. The monoisotopic (exact) mass is 448 g/mol. The molecule has 144 valence electrons. The number of amides is 1. The van der Waals surface area contributed by atoms with Gasteiger partial charge in [0.05, 0.1) is 11.6 Å². The van der Waals surface area contributed by atoms with Crippen LogP contribution < -0.4 is 0 Å². The molecule has 1 aliphatic rings. The summed E-state index contributed by atoms with van der Waals surface area (Å²) < 4.78 is 0.885. The van der Waals surface area contributed by atoms with Crippen LogP contribution in [0.15, 0.2) is 89.2 Å². The van der Waals surface area contributed by atoms with E-state index in [4.69, 9.17) is 0 Å². The van der Waals surface area contributed by atoms with Crippen molar-refractivity contribution in [3.63, 3.8) is 0 Å². The normalized spacial score (nSPS) is 18.2. The Labute approximate surface area is 176 Å². The van der Waals surface area contributed by atoms with Crippen molar-refractivity contribution in [1.82, 2.24) is 9.88 Å². The molecule has 1 unspecified atom stereocenters. The van der Waals surface area contributed by atoms with Gasteiger partial charge in [0.2, 0.25) is 0 Å². The zero-order valence-corrected chi connectivity index (χ0v) is 16.9. The van der Waals surface area contributed by atoms with Crippen molar-refractivity contribution in [2.24, 2.45) is 0 Å². The van der Waals surface area contributed by atoms with Crippen molar-refractivity contribution in [2.75, 3.05) is 0 Å². The van der Waals surface area contributed by atoms with Gasteiger partial charge in [-0.25, -0.2) is 0 Å². The van der Waals surface area contributed by atoms with Crippen molar-refractivity contribution < 1.29 is 14.7 Å². The molecule has 0 radical (unpaired) electrons. The van der Waals surface area contributed by atoms with Crippen molar-refractivity contribution in [3.8, 4) is 0 Å². The number of pyridine rings is 1. The summed E-state index contributed by atoms with van der Waals surface area (Å²) >= 11 is 3.41. The predicted octanol–water partition coefficient (Wildman–Crippen LogP) is 4.47. The molecular formula is C23H17BrN2O3. The van der Waals surface area contributed by atoms with Gasteiger partial charge in [-0.15, -0.1) is 0 Å². The van der Waals surface area contributed by atoms with Crippen LogP contribution in [0.4, 0.5) is 0 Å². The van der Waals surface area contributed by atoms with Crippen LogP contribution in [0.5, 0.6) is 0 Å². The first-order valence-electron chi connectivity index (χ1n) is 9.04. The third kappa shape index (κ3) is 3.71. The van der Waals surface area contributed by atoms with E-state index < -0.39 is 17.7 Å². The Bertz CT molecular complexity index is 1080. The Morgan fingerprint density at radius 2 is 1.62 bits per heavy atom. The van der Waals surface area contributed by atoms with Crippen LogP contribution in [0, 0.1) is 0 Å². The first-order chi connectivity index (χ1) is 14.1. The highest BCUT2D eigenvalue weighted by Crippen LogP contribution is 2.40. The fourth-order valence-corrected chi connectivity index (χ4v) is 3.74. The standard InChI is InChI=1S/C23H17BrN2O3/c24-18-8-6-16(7-9-18)20-19(21(27)17-10-12-25-13-11-17)22(28)23(29)26(20)14-15-4-2-1-3-5-15/h1-13,20,27H,14H2/b21-19+. The number of aliphatic hydroxyl groups is 1. The van der Waals surface area contributed by atoms with E-state index in [9.17, 15) is 14.7 Å². The highest BCUT2D eigenvalue weighted by molar-refractivity contribution is 9.10. The van der Waals surface area contributed by atoms with E-state index in [1.807, 2.05) is 54.6 Å². The van der Waals surface area contributed by atoms with Gasteiger partial charge in [0, 0.05) is 29.0 Å². The molecule has 1 atom stereocenters. The summed E-state index contributed by atoms with van der Waals surface area (Å²) in [5.41, 5.74) is 2.18. The third-order valence-corrected chi connectivity index (χ3v) is 5.40. The van der Waals surface area contributed by atoms with E-state index in [0.717, 1.165) is 15.6 Å². The highest BCUT2D eigenvalue weighted by Gasteiger charge is 2.46. The minimum atomic E-state index is -0.692. The van der Waals surface area contributed by atoms with Crippen molar-refractivity contribution >= 4 is 33.4 Å². The molecule has 1 N–H and O–H groups in total. The van der Waals surface area contributed by atoms with Crippen LogP contribution in [0.2, 0.25) is 0 Å². The maximum atomic E-state index is 12.9. The number of ketones is 1. The number of halogens is 1. The number of rotatable bonds is 4. The lowest BCUT2D eigenvalue weighted by atomic mass is 9.95. The quantitative estimate of drug-likeness (QED) is 0.363. The molecule has 1 amide bonds. The predicted molar refractivity (Wildman–Crippen MR) is 113 cm³/mol. The Hall–Kier alpha value is -3.25. The van der Waals surface area contributed by atoms with Crippen LogP contribution in [0.25, 0.3) is 5.76 Å². The molecule has 1 fully saturated rings. The highest BCUT2D eigenvalue weighted by atomic mass is 79.9. The second-order valence-electron chi connectivity index (χ2n) is 6.70. The largest absolute Gasteiger partial charge is 0.507 e. The first-order valence-corrected chi connectivity index (χ1v) is 9.84. The maximum Gasteiger partial charge on any atom is 0.295 e. The van der Waals surface area contributed by atoms with E-state index in [1.54, 1.807) is 12.1 Å². The van der Waals surface area contributed by atoms with Gasteiger partial charge in [0.25, 0.3) is 11.7 Å². The summed E-state index contributed by atoms with van der Waals surface area (Å²) in [7, 11) is 0. The second kappa shape index (κ2) is 8.01. The number of carbonyl (C=O) groups is 2. The van der Waals surface area contributed by atoms with E-state index >= 15 is 0 Å². The number of aliphatic hydroxyl groups excluding tert-OH is 1. The zero-order chi connectivity index (χ0) is 20.4. The lowest BCUT2D eigenvalue weighted by Crippen LogP contribution is -2.29. The number of likely N-dealkylation sites (tertiary alicyclic amines) is 1. The Kier molecular flexibility index (Phi) is 5.27. The van der Waals surface area contributed by atoms with Gasteiger partial charge in [-0.2, -0.15) is 0 Å². The minimum Gasteiger partial charge on any atom is -0.507 e. The van der Waals surface area contributed by atoms with Crippen LogP contribution in [-0.4, -0.2) is 26.7 Å². The number of hydrogen-bond acceptors (Lipinski definition) is 4. The van der Waals surface area contributed by atoms with Gasteiger partial charge in [-0.1, -0.05) is 58.4 Å². The molecule has 4 rings (SSSR count).